The molecule has 1 saturated heterocycles. The first-order valence-corrected chi connectivity index (χ1v) is 10.8. The second-order valence-electron chi connectivity index (χ2n) is 7.35. The molecule has 0 bridgehead atoms. The maximum absolute atomic E-state index is 12.6. The molecule has 3 aromatic rings. The molecule has 0 aliphatic carbocycles. The predicted octanol–water partition coefficient (Wildman–Crippen LogP) is 5.49. The van der Waals surface area contributed by atoms with E-state index < -0.39 is 0 Å². The van der Waals surface area contributed by atoms with Crippen molar-refractivity contribution in [3.63, 3.8) is 0 Å². The van der Waals surface area contributed by atoms with Gasteiger partial charge in [0, 0.05) is 10.4 Å². The first kappa shape index (κ1) is 19.7. The third-order valence-corrected chi connectivity index (χ3v) is 6.32. The number of hydrogen-bond donors (Lipinski definition) is 1. The normalized spacial score (nSPS) is 15.8. The number of aryl methyl sites for hydroxylation is 1. The van der Waals surface area contributed by atoms with Crippen molar-refractivity contribution in [2.45, 2.75) is 32.2 Å². The topological polar surface area (TPSA) is 54.7 Å². The molecule has 0 radical (unpaired) electrons. The summed E-state index contributed by atoms with van der Waals surface area (Å²) in [6, 6.07) is 14.0. The lowest BCUT2D eigenvalue weighted by molar-refractivity contribution is 0.0996. The van der Waals surface area contributed by atoms with Crippen LogP contribution in [0.2, 0.25) is 0 Å². The van der Waals surface area contributed by atoms with Gasteiger partial charge in [-0.2, -0.15) is 0 Å². The number of anilines is 1. The van der Waals surface area contributed by atoms with Crippen LogP contribution in [0.3, 0.4) is 0 Å². The number of rotatable bonds is 6. The van der Waals surface area contributed by atoms with Crippen LogP contribution in [-0.2, 0) is 0 Å². The Morgan fingerprint density at radius 3 is 2.59 bits per heavy atom. The van der Waals surface area contributed by atoms with Crippen molar-refractivity contribution in [1.29, 1.82) is 0 Å². The molecule has 3 heterocycles. The number of hydrogen-bond acceptors (Lipinski definition) is 5. The van der Waals surface area contributed by atoms with Gasteiger partial charge in [-0.15, -0.1) is 11.3 Å². The lowest BCUT2D eigenvalue weighted by atomic mass is 9.96. The number of ether oxygens (including phenoxy) is 1. The zero-order chi connectivity index (χ0) is 20.2. The summed E-state index contributed by atoms with van der Waals surface area (Å²) in [5.74, 6) is 0.949. The van der Waals surface area contributed by atoms with Gasteiger partial charge in [-0.1, -0.05) is 18.6 Å². The van der Waals surface area contributed by atoms with Crippen molar-refractivity contribution in [1.82, 2.24) is 4.90 Å². The molecule has 152 valence electrons. The highest BCUT2D eigenvalue weighted by Crippen LogP contribution is 2.40. The van der Waals surface area contributed by atoms with Gasteiger partial charge in [0.15, 0.2) is 5.76 Å². The Balaban J connectivity index is 1.70. The van der Waals surface area contributed by atoms with E-state index >= 15 is 0 Å². The molecular formula is C23H26N2O3S. The van der Waals surface area contributed by atoms with Gasteiger partial charge in [-0.3, -0.25) is 9.69 Å². The monoisotopic (exact) mass is 410 g/mol. The molecule has 1 amide bonds. The Kier molecular flexibility index (Phi) is 6.02. The summed E-state index contributed by atoms with van der Waals surface area (Å²) < 4.78 is 10.6. The van der Waals surface area contributed by atoms with Crippen LogP contribution in [0.1, 0.15) is 51.9 Å². The number of piperidine rings is 1. The van der Waals surface area contributed by atoms with Gasteiger partial charge in [-0.25, -0.2) is 0 Å². The summed E-state index contributed by atoms with van der Waals surface area (Å²) in [7, 11) is 1.68. The molecule has 0 saturated carbocycles. The lowest BCUT2D eigenvalue weighted by Crippen LogP contribution is -2.34. The van der Waals surface area contributed by atoms with Gasteiger partial charge in [-0.05, 0) is 68.8 Å². The molecule has 1 fully saturated rings. The minimum atomic E-state index is -0.217. The molecule has 1 unspecified atom stereocenters. The number of amides is 1. The van der Waals surface area contributed by atoms with E-state index in [1.54, 1.807) is 30.6 Å². The summed E-state index contributed by atoms with van der Waals surface area (Å²) in [6.45, 7) is 4.19. The average molecular weight is 411 g/mol. The number of carbonyl (C=O) groups excluding carboxylic acids is 1. The number of carbonyl (C=O) groups is 1. The molecule has 1 N–H and O–H groups in total. The smallest absolute Gasteiger partial charge is 0.291 e. The second kappa shape index (κ2) is 8.84. The summed E-state index contributed by atoms with van der Waals surface area (Å²) in [5.41, 5.74) is 2.35. The van der Waals surface area contributed by atoms with E-state index in [1.807, 2.05) is 12.1 Å². The second-order valence-corrected chi connectivity index (χ2v) is 8.60. The van der Waals surface area contributed by atoms with Crippen molar-refractivity contribution < 1.29 is 13.9 Å². The van der Waals surface area contributed by atoms with Crippen LogP contribution in [0.5, 0.6) is 5.75 Å². The van der Waals surface area contributed by atoms with Gasteiger partial charge >= 0.3 is 0 Å². The molecule has 0 spiro atoms. The summed E-state index contributed by atoms with van der Waals surface area (Å²) in [6.07, 6.45) is 5.19. The average Bonchev–Trinajstić information content (AvgIpc) is 3.40. The summed E-state index contributed by atoms with van der Waals surface area (Å²) in [5, 5.41) is 3.96. The Morgan fingerprint density at radius 2 is 1.93 bits per heavy atom. The van der Waals surface area contributed by atoms with E-state index in [9.17, 15) is 4.79 Å². The number of benzene rings is 1. The van der Waals surface area contributed by atoms with Crippen LogP contribution in [0.15, 0.2) is 53.1 Å². The van der Waals surface area contributed by atoms with E-state index in [4.69, 9.17) is 9.15 Å². The molecule has 4 rings (SSSR count). The van der Waals surface area contributed by atoms with Crippen molar-refractivity contribution >= 4 is 22.2 Å². The first-order valence-electron chi connectivity index (χ1n) is 9.99. The minimum absolute atomic E-state index is 0.0954. The van der Waals surface area contributed by atoms with Crippen molar-refractivity contribution in [2.75, 3.05) is 25.5 Å². The van der Waals surface area contributed by atoms with Crippen LogP contribution in [0.4, 0.5) is 5.00 Å². The van der Waals surface area contributed by atoms with Gasteiger partial charge in [0.05, 0.1) is 19.4 Å². The number of nitrogens with zero attached hydrogens (tertiary/aromatic N) is 1. The highest BCUT2D eigenvalue weighted by atomic mass is 32.1. The lowest BCUT2D eigenvalue weighted by Gasteiger charge is -2.35. The molecule has 2 aromatic heterocycles. The Morgan fingerprint density at radius 1 is 1.17 bits per heavy atom. The number of furan rings is 1. The number of nitrogens with one attached hydrogen (secondary N) is 1. The van der Waals surface area contributed by atoms with Crippen LogP contribution in [0.25, 0.3) is 0 Å². The predicted molar refractivity (Wildman–Crippen MR) is 116 cm³/mol. The van der Waals surface area contributed by atoms with Crippen molar-refractivity contribution in [2.24, 2.45) is 0 Å². The number of thiophene rings is 1. The highest BCUT2D eigenvalue weighted by molar-refractivity contribution is 7.16. The van der Waals surface area contributed by atoms with Gasteiger partial charge < -0.3 is 14.5 Å². The van der Waals surface area contributed by atoms with Crippen LogP contribution >= 0.6 is 11.3 Å². The Hall–Kier alpha value is -2.57. The van der Waals surface area contributed by atoms with Crippen molar-refractivity contribution in [3.8, 4) is 5.75 Å². The van der Waals surface area contributed by atoms with Gasteiger partial charge in [0.2, 0.25) is 0 Å². The third-order valence-electron chi connectivity index (χ3n) is 5.34. The fourth-order valence-electron chi connectivity index (χ4n) is 3.96. The largest absolute Gasteiger partial charge is 0.497 e. The third kappa shape index (κ3) is 4.38. The van der Waals surface area contributed by atoms with Crippen LogP contribution in [0, 0.1) is 6.92 Å². The standard InChI is InChI=1S/C23H26N2O3S/c1-16-15-19(23(29-16)24-22(26)20-7-6-14-28-20)21(25-12-4-3-5-13-25)17-8-10-18(27-2)11-9-17/h6-11,14-15,21H,3-5,12-13H2,1-2H3,(H,24,26). The molecule has 5 nitrogen and oxygen atoms in total. The quantitative estimate of drug-likeness (QED) is 0.584. The number of methoxy groups -OCH3 is 1. The Bertz CT molecular complexity index is 941. The zero-order valence-electron chi connectivity index (χ0n) is 16.8. The summed E-state index contributed by atoms with van der Waals surface area (Å²) in [4.78, 5) is 16.3. The fourth-order valence-corrected chi connectivity index (χ4v) is 4.90. The molecule has 1 atom stereocenters. The molecule has 29 heavy (non-hydrogen) atoms. The van der Waals surface area contributed by atoms with E-state index in [1.165, 1.54) is 36.0 Å². The zero-order valence-corrected chi connectivity index (χ0v) is 17.6. The first-order chi connectivity index (χ1) is 14.2. The fraction of sp³-hybridized carbons (Fsp3) is 0.348. The van der Waals surface area contributed by atoms with E-state index in [-0.39, 0.29) is 11.9 Å². The number of likely N-dealkylation sites (tertiary alicyclic amines) is 1. The van der Waals surface area contributed by atoms with Crippen LogP contribution < -0.4 is 10.1 Å². The highest BCUT2D eigenvalue weighted by Gasteiger charge is 2.28. The van der Waals surface area contributed by atoms with Crippen LogP contribution in [-0.4, -0.2) is 31.0 Å². The van der Waals surface area contributed by atoms with Gasteiger partial charge in [0.1, 0.15) is 10.8 Å². The van der Waals surface area contributed by atoms with E-state index in [0.717, 1.165) is 29.4 Å². The van der Waals surface area contributed by atoms with Crippen molar-refractivity contribution in [3.05, 3.63) is 70.5 Å². The summed E-state index contributed by atoms with van der Waals surface area (Å²) >= 11 is 1.61. The minimum Gasteiger partial charge on any atom is -0.497 e. The van der Waals surface area contributed by atoms with E-state index in [2.05, 4.69) is 35.3 Å². The SMILES string of the molecule is COc1ccc(C(c2cc(C)sc2NC(=O)c2ccco2)N2CCCCC2)cc1. The molecule has 1 aliphatic rings. The van der Waals surface area contributed by atoms with Gasteiger partial charge in [0.25, 0.3) is 5.91 Å². The maximum atomic E-state index is 12.6. The molecular weight excluding hydrogens is 384 g/mol. The molecule has 1 aliphatic heterocycles. The molecule has 6 heteroatoms. The molecule has 1 aromatic carbocycles. The van der Waals surface area contributed by atoms with E-state index in [0.29, 0.717) is 5.76 Å². The Labute approximate surface area is 175 Å². The maximum Gasteiger partial charge on any atom is 0.291 e.